The molecule has 0 radical (unpaired) electrons. The van der Waals surface area contributed by atoms with Crippen LogP contribution in [0.2, 0.25) is 0 Å². The maximum Gasteiger partial charge on any atom is 0.328 e. The maximum atomic E-state index is 12.8. The van der Waals surface area contributed by atoms with E-state index in [0.29, 0.717) is 5.75 Å². The van der Waals surface area contributed by atoms with Crippen LogP contribution in [0.5, 0.6) is 17.2 Å². The van der Waals surface area contributed by atoms with Crippen LogP contribution in [0.25, 0.3) is 0 Å². The summed E-state index contributed by atoms with van der Waals surface area (Å²) in [5, 5.41) is 2.54. The van der Waals surface area contributed by atoms with Crippen molar-refractivity contribution in [2.24, 2.45) is 5.92 Å². The fraction of sp³-hybridized carbons (Fsp3) is 0.440. The molecule has 1 aromatic heterocycles. The molecule has 34 heavy (non-hydrogen) atoms. The minimum absolute atomic E-state index is 0.0390. The van der Waals surface area contributed by atoms with E-state index in [9.17, 15) is 14.4 Å². The number of aromatic nitrogens is 1. The fourth-order valence-corrected chi connectivity index (χ4v) is 3.23. The third-order valence-corrected chi connectivity index (χ3v) is 4.97. The van der Waals surface area contributed by atoms with Gasteiger partial charge in [-0.05, 0) is 38.8 Å². The summed E-state index contributed by atoms with van der Waals surface area (Å²) in [5.74, 6) is -1.34. The summed E-state index contributed by atoms with van der Waals surface area (Å²) in [5.41, 5.74) is 0.921. The molecule has 0 aliphatic heterocycles. The number of aryl methyl sites for hydroxylation is 1. The average molecular weight is 473 g/mol. The van der Waals surface area contributed by atoms with Gasteiger partial charge in [-0.3, -0.25) is 9.59 Å². The molecule has 1 aromatic carbocycles. The van der Waals surface area contributed by atoms with E-state index < -0.39 is 36.1 Å². The van der Waals surface area contributed by atoms with Crippen molar-refractivity contribution in [1.29, 1.82) is 0 Å². The van der Waals surface area contributed by atoms with E-state index in [0.717, 1.165) is 5.56 Å². The first-order valence-electron chi connectivity index (χ1n) is 11.0. The summed E-state index contributed by atoms with van der Waals surface area (Å²) in [7, 11) is 1.37. The van der Waals surface area contributed by atoms with Crippen LogP contribution >= 0.6 is 0 Å². The molecule has 0 spiro atoms. The highest BCUT2D eigenvalue weighted by molar-refractivity contribution is 5.98. The van der Waals surface area contributed by atoms with Gasteiger partial charge in [0.15, 0.2) is 11.4 Å². The highest BCUT2D eigenvalue weighted by Crippen LogP contribution is 2.29. The van der Waals surface area contributed by atoms with Crippen LogP contribution in [0.1, 0.15) is 50.7 Å². The van der Waals surface area contributed by atoms with E-state index >= 15 is 0 Å². The molecule has 0 fully saturated rings. The first-order valence-corrected chi connectivity index (χ1v) is 11.0. The van der Waals surface area contributed by atoms with Crippen molar-refractivity contribution in [1.82, 2.24) is 10.3 Å². The molecule has 1 N–H and O–H groups in total. The van der Waals surface area contributed by atoms with Crippen molar-refractivity contribution in [2.45, 2.75) is 59.8 Å². The summed E-state index contributed by atoms with van der Waals surface area (Å²) in [6, 6.07) is 8.04. The van der Waals surface area contributed by atoms with Crippen LogP contribution in [0.3, 0.4) is 0 Å². The molecule has 3 atom stereocenters. The van der Waals surface area contributed by atoms with Crippen molar-refractivity contribution >= 4 is 17.8 Å². The van der Waals surface area contributed by atoms with E-state index in [1.54, 1.807) is 0 Å². The van der Waals surface area contributed by atoms with Crippen LogP contribution in [0.4, 0.5) is 0 Å². The van der Waals surface area contributed by atoms with Crippen LogP contribution in [-0.4, -0.2) is 48.2 Å². The Morgan fingerprint density at radius 1 is 1.00 bits per heavy atom. The van der Waals surface area contributed by atoms with Crippen LogP contribution < -0.4 is 19.5 Å². The molecule has 2 rings (SSSR count). The minimum atomic E-state index is -1.00. The smallest absolute Gasteiger partial charge is 0.328 e. The summed E-state index contributed by atoms with van der Waals surface area (Å²) >= 11 is 0. The van der Waals surface area contributed by atoms with Crippen molar-refractivity contribution in [3.63, 3.8) is 0 Å². The number of carbonyl (C=O) groups excluding carboxylic acids is 3. The number of nitrogens with zero attached hydrogens (tertiary/aromatic N) is 1. The Balaban J connectivity index is 2.09. The molecular weight excluding hydrogens is 440 g/mol. The Labute approximate surface area is 199 Å². The molecular formula is C25H32N2O7. The number of rotatable bonds is 10. The second kappa shape index (κ2) is 12.0. The van der Waals surface area contributed by atoms with E-state index in [1.807, 2.05) is 52.0 Å². The molecule has 1 heterocycles. The van der Waals surface area contributed by atoms with Crippen LogP contribution in [0.15, 0.2) is 36.5 Å². The average Bonchev–Trinajstić information content (AvgIpc) is 2.78. The predicted molar refractivity (Wildman–Crippen MR) is 125 cm³/mol. The predicted octanol–water partition coefficient (Wildman–Crippen LogP) is 3.48. The van der Waals surface area contributed by atoms with Gasteiger partial charge in [0.2, 0.25) is 5.75 Å². The Morgan fingerprint density at radius 2 is 1.65 bits per heavy atom. The molecule has 0 aliphatic rings. The quantitative estimate of drug-likeness (QED) is 0.523. The van der Waals surface area contributed by atoms with Crippen LogP contribution in [0, 0.1) is 12.8 Å². The van der Waals surface area contributed by atoms with Crippen LogP contribution in [-0.2, 0) is 14.3 Å². The lowest BCUT2D eigenvalue weighted by Crippen LogP contribution is -2.45. The van der Waals surface area contributed by atoms with E-state index in [2.05, 4.69) is 10.3 Å². The number of pyridine rings is 1. The number of hydrogen-bond donors (Lipinski definition) is 1. The lowest BCUT2D eigenvalue weighted by atomic mass is 10.0. The van der Waals surface area contributed by atoms with Gasteiger partial charge in [0.1, 0.15) is 24.0 Å². The normalized spacial score (nSPS) is 13.4. The van der Waals surface area contributed by atoms with Crippen molar-refractivity contribution in [3.05, 3.63) is 47.8 Å². The molecule has 0 saturated carbocycles. The van der Waals surface area contributed by atoms with Gasteiger partial charge in [0, 0.05) is 19.2 Å². The zero-order valence-corrected chi connectivity index (χ0v) is 20.6. The minimum Gasteiger partial charge on any atom is -0.493 e. The topological polar surface area (TPSA) is 113 Å². The number of nitrogens with one attached hydrogen (secondary N) is 1. The first kappa shape index (κ1) is 26.6. The fourth-order valence-electron chi connectivity index (χ4n) is 3.23. The molecule has 0 saturated heterocycles. The lowest BCUT2D eigenvalue weighted by Gasteiger charge is -2.29. The van der Waals surface area contributed by atoms with Crippen molar-refractivity contribution < 1.29 is 33.3 Å². The Kier molecular flexibility index (Phi) is 9.41. The summed E-state index contributed by atoms with van der Waals surface area (Å²) in [4.78, 5) is 41.0. The zero-order chi connectivity index (χ0) is 25.4. The number of esters is 2. The second-order valence-corrected chi connectivity index (χ2v) is 8.26. The van der Waals surface area contributed by atoms with Gasteiger partial charge in [-0.15, -0.1) is 0 Å². The number of hydrogen-bond acceptors (Lipinski definition) is 8. The molecule has 184 valence electrons. The van der Waals surface area contributed by atoms with Gasteiger partial charge in [-0.2, -0.15) is 0 Å². The number of methoxy groups -OCH3 is 1. The summed E-state index contributed by atoms with van der Waals surface area (Å²) in [6.45, 7) is 10.3. The standard InChI is InChI=1S/C25H32N2O7/c1-14(2)22(17(5)32-19-10-8-15(3)9-11-19)34-25(30)16(4)27-24(29)21-23(33-18(6)28)20(31-7)12-13-26-21/h8-14,16-17,22H,1-7H3,(H,27,29)/t16-,17-,22-/m0/s1. The maximum absolute atomic E-state index is 12.8. The lowest BCUT2D eigenvalue weighted by molar-refractivity contribution is -0.158. The van der Waals surface area contributed by atoms with Crippen molar-refractivity contribution in [3.8, 4) is 17.2 Å². The Bertz CT molecular complexity index is 1000. The molecule has 1 amide bonds. The Morgan fingerprint density at radius 3 is 2.21 bits per heavy atom. The zero-order valence-electron chi connectivity index (χ0n) is 20.6. The van der Waals surface area contributed by atoms with Gasteiger partial charge < -0.3 is 24.3 Å². The first-order chi connectivity index (χ1) is 16.0. The number of ether oxygens (including phenoxy) is 4. The number of amides is 1. The third-order valence-electron chi connectivity index (χ3n) is 4.97. The van der Waals surface area contributed by atoms with Crippen molar-refractivity contribution in [2.75, 3.05) is 7.11 Å². The molecule has 0 unspecified atom stereocenters. The third kappa shape index (κ3) is 7.19. The van der Waals surface area contributed by atoms with E-state index in [4.69, 9.17) is 18.9 Å². The van der Waals surface area contributed by atoms with Gasteiger partial charge in [0.25, 0.3) is 5.91 Å². The van der Waals surface area contributed by atoms with Gasteiger partial charge in [0.05, 0.1) is 7.11 Å². The number of benzene rings is 1. The molecule has 9 heteroatoms. The summed E-state index contributed by atoms with van der Waals surface area (Å²) in [6.07, 6.45) is 0.354. The van der Waals surface area contributed by atoms with Gasteiger partial charge >= 0.3 is 11.9 Å². The largest absolute Gasteiger partial charge is 0.493 e. The molecule has 0 bridgehead atoms. The molecule has 9 nitrogen and oxygen atoms in total. The van der Waals surface area contributed by atoms with Gasteiger partial charge in [-0.25, -0.2) is 9.78 Å². The highest BCUT2D eigenvalue weighted by atomic mass is 16.6. The van der Waals surface area contributed by atoms with E-state index in [-0.39, 0.29) is 23.1 Å². The van der Waals surface area contributed by atoms with E-state index in [1.165, 1.54) is 33.2 Å². The summed E-state index contributed by atoms with van der Waals surface area (Å²) < 4.78 is 21.9. The Hall–Kier alpha value is -3.62. The SMILES string of the molecule is COc1ccnc(C(=O)N[C@@H](C)C(=O)O[C@@H](C(C)C)[C@H](C)Oc2ccc(C)cc2)c1OC(C)=O. The molecule has 2 aromatic rings. The second-order valence-electron chi connectivity index (χ2n) is 8.26. The molecule has 0 aliphatic carbocycles. The highest BCUT2D eigenvalue weighted by Gasteiger charge is 2.30. The monoisotopic (exact) mass is 472 g/mol. The number of carbonyl (C=O) groups is 3. The van der Waals surface area contributed by atoms with Gasteiger partial charge in [-0.1, -0.05) is 31.5 Å².